The number of amides is 2. The van der Waals surface area contributed by atoms with Crippen LogP contribution >= 0.6 is 11.3 Å². The molecule has 3 aromatic rings. The summed E-state index contributed by atoms with van der Waals surface area (Å²) in [4.78, 5) is 26.6. The van der Waals surface area contributed by atoms with Crippen molar-refractivity contribution in [1.29, 1.82) is 0 Å². The smallest absolute Gasteiger partial charge is 0.351 e. The van der Waals surface area contributed by atoms with E-state index in [0.717, 1.165) is 15.6 Å². The molecular formula is C24H24F6N8O2S. The van der Waals surface area contributed by atoms with Gasteiger partial charge in [-0.3, -0.25) is 18.8 Å². The average molecular weight is 603 g/mol. The van der Waals surface area contributed by atoms with E-state index in [1.165, 1.54) is 24.7 Å². The predicted molar refractivity (Wildman–Crippen MR) is 134 cm³/mol. The largest absolute Gasteiger partial charge is 0.435 e. The van der Waals surface area contributed by atoms with Gasteiger partial charge < -0.3 is 16.0 Å². The fourth-order valence-electron chi connectivity index (χ4n) is 5.00. The number of carbonyl (C=O) groups is 2. The first-order chi connectivity index (χ1) is 19.3. The zero-order valence-corrected chi connectivity index (χ0v) is 22.3. The summed E-state index contributed by atoms with van der Waals surface area (Å²) >= 11 is 1.19. The minimum absolute atomic E-state index is 0.0341. The number of carbonyl (C=O) groups excluding carboxylic acids is 2. The maximum Gasteiger partial charge on any atom is 0.435 e. The molecule has 3 N–H and O–H groups in total. The van der Waals surface area contributed by atoms with Gasteiger partial charge in [-0.15, -0.1) is 21.5 Å². The van der Waals surface area contributed by atoms with E-state index in [1.54, 1.807) is 4.57 Å². The van der Waals surface area contributed by atoms with E-state index in [-0.39, 0.29) is 54.2 Å². The van der Waals surface area contributed by atoms with Gasteiger partial charge in [0.2, 0.25) is 11.9 Å². The third kappa shape index (κ3) is 5.38. The molecule has 0 unspecified atom stereocenters. The van der Waals surface area contributed by atoms with Crippen molar-refractivity contribution in [3.05, 3.63) is 34.1 Å². The van der Waals surface area contributed by atoms with Crippen molar-refractivity contribution in [3.63, 3.8) is 0 Å². The Balaban J connectivity index is 1.25. The number of nitrogens with one attached hydrogen (secondary N) is 3. The van der Waals surface area contributed by atoms with E-state index in [9.17, 15) is 35.9 Å². The second kappa shape index (κ2) is 9.73. The highest BCUT2D eigenvalue weighted by atomic mass is 32.1. The number of aryl methyl sites for hydroxylation is 2. The molecule has 3 aliphatic rings. The van der Waals surface area contributed by atoms with Crippen LogP contribution in [0, 0.1) is 11.8 Å². The first-order valence-corrected chi connectivity index (χ1v) is 13.7. The lowest BCUT2D eigenvalue weighted by molar-refractivity contribution is -0.141. The fourth-order valence-corrected chi connectivity index (χ4v) is 6.25. The minimum Gasteiger partial charge on any atom is -0.351 e. The lowest BCUT2D eigenvalue weighted by Gasteiger charge is -2.25. The Hall–Kier alpha value is -3.63. The molecular weight excluding hydrogens is 578 g/mol. The molecule has 0 radical (unpaired) electrons. The second-order valence-electron chi connectivity index (χ2n) is 10.5. The van der Waals surface area contributed by atoms with Crippen LogP contribution in [-0.4, -0.2) is 55.0 Å². The van der Waals surface area contributed by atoms with Crippen LogP contribution in [-0.2, 0) is 30.9 Å². The Morgan fingerprint density at radius 3 is 2.63 bits per heavy atom. The summed E-state index contributed by atoms with van der Waals surface area (Å²) in [5.74, 6) is -5.55. The number of nitrogens with zero attached hydrogens (tertiary/aromatic N) is 5. The number of fused-ring (bicyclic) bond motifs is 1. The van der Waals surface area contributed by atoms with Crippen molar-refractivity contribution in [2.75, 3.05) is 17.2 Å². The summed E-state index contributed by atoms with van der Waals surface area (Å²) < 4.78 is 82.3. The third-order valence-electron chi connectivity index (χ3n) is 7.59. The van der Waals surface area contributed by atoms with Gasteiger partial charge in [0.1, 0.15) is 23.3 Å². The second-order valence-corrected chi connectivity index (χ2v) is 11.7. The maximum atomic E-state index is 13.5. The van der Waals surface area contributed by atoms with Gasteiger partial charge in [-0.25, -0.2) is 13.2 Å². The molecule has 220 valence electrons. The number of thiophene rings is 1. The molecule has 3 aromatic heterocycles. The van der Waals surface area contributed by atoms with Gasteiger partial charge in [-0.05, 0) is 31.2 Å². The zero-order chi connectivity index (χ0) is 29.3. The molecule has 10 nitrogen and oxygen atoms in total. The summed E-state index contributed by atoms with van der Waals surface area (Å²) in [7, 11) is 1.35. The fraction of sp³-hybridized carbons (Fsp3) is 0.542. The highest BCUT2D eigenvalue weighted by Crippen LogP contribution is 2.48. The maximum absolute atomic E-state index is 13.5. The molecule has 4 atom stereocenters. The topological polar surface area (TPSA) is 119 Å². The zero-order valence-electron chi connectivity index (χ0n) is 21.4. The Morgan fingerprint density at radius 2 is 2.00 bits per heavy atom. The molecule has 2 amide bonds. The van der Waals surface area contributed by atoms with Crippen LogP contribution < -0.4 is 16.0 Å². The van der Waals surface area contributed by atoms with Gasteiger partial charge in [0.15, 0.2) is 5.69 Å². The van der Waals surface area contributed by atoms with Gasteiger partial charge >= 0.3 is 6.18 Å². The van der Waals surface area contributed by atoms with E-state index in [0.29, 0.717) is 18.4 Å². The highest BCUT2D eigenvalue weighted by Gasteiger charge is 2.56. The van der Waals surface area contributed by atoms with Crippen LogP contribution in [0.3, 0.4) is 0 Å². The SMILES string of the molecule is Cn1nc(C(F)(F)F)cc1Nc1nncn1[C@H]1CCc2sc(NC(=O)[C@H]3C[C@H]3F)c(C(=O)NC[C@H]3CC3(F)F)c2C1. The van der Waals surface area contributed by atoms with Crippen LogP contribution in [0.25, 0.3) is 0 Å². The number of hydrogen-bond acceptors (Lipinski definition) is 7. The Bertz CT molecular complexity index is 1510. The van der Waals surface area contributed by atoms with Crippen molar-refractivity contribution in [2.45, 2.75) is 56.4 Å². The van der Waals surface area contributed by atoms with Gasteiger partial charge in [0, 0.05) is 42.9 Å². The lowest BCUT2D eigenvalue weighted by Crippen LogP contribution is -2.29. The van der Waals surface area contributed by atoms with Crippen LogP contribution in [0.1, 0.15) is 51.8 Å². The molecule has 3 aliphatic carbocycles. The number of alkyl halides is 6. The summed E-state index contributed by atoms with van der Waals surface area (Å²) in [5.41, 5.74) is -0.325. The van der Waals surface area contributed by atoms with E-state index in [4.69, 9.17) is 0 Å². The predicted octanol–water partition coefficient (Wildman–Crippen LogP) is 4.25. The third-order valence-corrected chi connectivity index (χ3v) is 8.80. The van der Waals surface area contributed by atoms with Crippen molar-refractivity contribution in [1.82, 2.24) is 29.9 Å². The van der Waals surface area contributed by atoms with Crippen LogP contribution in [0.4, 0.5) is 43.1 Å². The first kappa shape index (κ1) is 27.5. The van der Waals surface area contributed by atoms with Gasteiger partial charge in [0.05, 0.1) is 11.5 Å². The summed E-state index contributed by atoms with van der Waals surface area (Å²) in [6, 6.07) is 0.519. The molecule has 41 heavy (non-hydrogen) atoms. The number of aromatic nitrogens is 5. The molecule has 0 aliphatic heterocycles. The monoisotopic (exact) mass is 602 g/mol. The van der Waals surface area contributed by atoms with Crippen molar-refractivity contribution in [3.8, 4) is 0 Å². The number of hydrogen-bond donors (Lipinski definition) is 3. The molecule has 3 heterocycles. The van der Waals surface area contributed by atoms with Crippen molar-refractivity contribution >= 4 is 39.9 Å². The molecule has 0 aromatic carbocycles. The van der Waals surface area contributed by atoms with Gasteiger partial charge in [0.25, 0.3) is 11.8 Å². The highest BCUT2D eigenvalue weighted by molar-refractivity contribution is 7.17. The van der Waals surface area contributed by atoms with Crippen LogP contribution in [0.5, 0.6) is 0 Å². The Morgan fingerprint density at radius 1 is 1.27 bits per heavy atom. The minimum atomic E-state index is -4.63. The van der Waals surface area contributed by atoms with Gasteiger partial charge in [-0.1, -0.05) is 0 Å². The molecule has 0 bridgehead atoms. The van der Waals surface area contributed by atoms with Crippen LogP contribution in [0.2, 0.25) is 0 Å². The summed E-state index contributed by atoms with van der Waals surface area (Å²) in [6.07, 6.45) is -3.37. The van der Waals surface area contributed by atoms with E-state index in [2.05, 4.69) is 31.2 Å². The number of anilines is 3. The van der Waals surface area contributed by atoms with E-state index in [1.807, 2.05) is 0 Å². The van der Waals surface area contributed by atoms with E-state index < -0.39 is 47.6 Å². The van der Waals surface area contributed by atoms with Crippen molar-refractivity contribution < 1.29 is 35.9 Å². The summed E-state index contributed by atoms with van der Waals surface area (Å²) in [5, 5.41) is 19.6. The molecule has 17 heteroatoms. The van der Waals surface area contributed by atoms with E-state index >= 15 is 0 Å². The molecule has 0 spiro atoms. The average Bonchev–Trinajstić information content (AvgIpc) is 3.50. The summed E-state index contributed by atoms with van der Waals surface area (Å²) in [6.45, 7) is -0.230. The molecule has 6 rings (SSSR count). The van der Waals surface area contributed by atoms with Crippen molar-refractivity contribution in [2.24, 2.45) is 18.9 Å². The van der Waals surface area contributed by atoms with Crippen LogP contribution in [0.15, 0.2) is 12.4 Å². The molecule has 2 fully saturated rings. The number of halogens is 6. The molecule has 2 saturated carbocycles. The number of rotatable bonds is 8. The first-order valence-electron chi connectivity index (χ1n) is 12.8. The quantitative estimate of drug-likeness (QED) is 0.332. The Kier molecular flexibility index (Phi) is 6.54. The lowest BCUT2D eigenvalue weighted by atomic mass is 9.91. The standard InChI is InChI=1S/C24H24F6N8O2S/c1-37-17(6-16(36-37)24(28,29)30)33-22-35-32-9-38(22)11-2-3-15-13(4-11)18(20(40)31-8-10-7-23(10,26)27)21(41-15)34-19(39)12-5-14(12)25/h6,9-12,14H,2-5,7-8H2,1H3,(H,31,40)(H,33,35)(H,34,39)/t10-,11+,12+,14-/m1/s1. The Labute approximate surface area is 232 Å². The van der Waals surface area contributed by atoms with Gasteiger partial charge in [-0.2, -0.15) is 18.3 Å². The normalized spacial score (nSPS) is 24.5. The molecule has 0 saturated heterocycles.